The van der Waals surface area contributed by atoms with Crippen LogP contribution in [0.5, 0.6) is 0 Å². The molecule has 0 aromatic rings. The van der Waals surface area contributed by atoms with E-state index in [1.54, 1.807) is 0 Å². The molecule has 3 heteroatoms. The average Bonchev–Trinajstić information content (AvgIpc) is 3.49. The molecule has 1 saturated heterocycles. The molecule has 1 fully saturated rings. The lowest BCUT2D eigenvalue weighted by Crippen LogP contribution is -2.39. The monoisotopic (exact) mass is 608 g/mol. The van der Waals surface area contributed by atoms with E-state index in [4.69, 9.17) is 9.47 Å². The van der Waals surface area contributed by atoms with E-state index in [0.29, 0.717) is 0 Å². The fraction of sp³-hybridized carbons (Fsp3) is 1.00. The molecule has 0 amide bonds. The summed E-state index contributed by atoms with van der Waals surface area (Å²) in [4.78, 5) is 0. The molecule has 0 saturated carbocycles. The van der Waals surface area contributed by atoms with Crippen molar-refractivity contribution >= 4 is 0 Å². The standard InChI is InChI=1S/C40H81NO2/c1-3-5-7-9-11-13-15-17-19-21-23-25-27-29-31-33-37-42-40(35-36-41-39-40)43-38-34-32-30-28-26-24-22-20-18-16-14-12-10-8-6-4-2/h41H,3-39H2,1-2H3. The van der Waals surface area contributed by atoms with Gasteiger partial charge in [-0.05, 0) is 12.8 Å². The zero-order valence-electron chi connectivity index (χ0n) is 30.0. The molecule has 0 aromatic carbocycles. The van der Waals surface area contributed by atoms with Gasteiger partial charge in [-0.3, -0.25) is 0 Å². The van der Waals surface area contributed by atoms with Crippen LogP contribution in [0, 0.1) is 0 Å². The molecule has 1 heterocycles. The summed E-state index contributed by atoms with van der Waals surface area (Å²) >= 11 is 0. The minimum Gasteiger partial charge on any atom is -0.349 e. The molecule has 1 aliphatic rings. The number of ether oxygens (including phenoxy) is 2. The zero-order chi connectivity index (χ0) is 30.8. The third-order valence-corrected chi connectivity index (χ3v) is 9.80. The van der Waals surface area contributed by atoms with Crippen molar-refractivity contribution in [2.45, 2.75) is 232 Å². The Kier molecular flexibility index (Phi) is 31.6. The van der Waals surface area contributed by atoms with Crippen LogP contribution in [0.4, 0.5) is 0 Å². The molecule has 3 nitrogen and oxygen atoms in total. The Labute approximate surface area is 272 Å². The van der Waals surface area contributed by atoms with Crippen LogP contribution < -0.4 is 5.32 Å². The number of hydrogen-bond donors (Lipinski definition) is 1. The van der Waals surface area contributed by atoms with Crippen molar-refractivity contribution in [3.05, 3.63) is 0 Å². The quantitative estimate of drug-likeness (QED) is 0.0567. The van der Waals surface area contributed by atoms with Crippen LogP contribution in [0.25, 0.3) is 0 Å². The van der Waals surface area contributed by atoms with Crippen molar-refractivity contribution in [1.29, 1.82) is 0 Å². The zero-order valence-corrected chi connectivity index (χ0v) is 30.0. The Balaban J connectivity index is 1.83. The van der Waals surface area contributed by atoms with Crippen molar-refractivity contribution in [1.82, 2.24) is 5.32 Å². The molecule has 1 N–H and O–H groups in total. The van der Waals surface area contributed by atoms with E-state index in [1.807, 2.05) is 0 Å². The van der Waals surface area contributed by atoms with Crippen molar-refractivity contribution < 1.29 is 9.47 Å². The Hall–Kier alpha value is -0.120. The van der Waals surface area contributed by atoms with Gasteiger partial charge in [-0.2, -0.15) is 0 Å². The topological polar surface area (TPSA) is 30.5 Å². The van der Waals surface area contributed by atoms with Crippen LogP contribution in [-0.2, 0) is 9.47 Å². The van der Waals surface area contributed by atoms with E-state index in [9.17, 15) is 0 Å². The van der Waals surface area contributed by atoms with E-state index in [1.165, 1.54) is 205 Å². The highest BCUT2D eigenvalue weighted by atomic mass is 16.7. The smallest absolute Gasteiger partial charge is 0.181 e. The molecule has 0 unspecified atom stereocenters. The first-order chi connectivity index (χ1) is 21.3. The van der Waals surface area contributed by atoms with Crippen LogP contribution in [0.1, 0.15) is 226 Å². The van der Waals surface area contributed by atoms with Crippen molar-refractivity contribution in [2.24, 2.45) is 0 Å². The molecule has 258 valence electrons. The maximum absolute atomic E-state index is 6.35. The Morgan fingerprint density at radius 1 is 0.372 bits per heavy atom. The van der Waals surface area contributed by atoms with Gasteiger partial charge in [-0.1, -0.05) is 206 Å². The minimum absolute atomic E-state index is 0.342. The van der Waals surface area contributed by atoms with Gasteiger partial charge in [0.1, 0.15) is 0 Å². The van der Waals surface area contributed by atoms with Crippen LogP contribution in [0.2, 0.25) is 0 Å². The summed E-state index contributed by atoms with van der Waals surface area (Å²) in [6, 6.07) is 0. The van der Waals surface area contributed by atoms with Crippen molar-refractivity contribution in [3.8, 4) is 0 Å². The van der Waals surface area contributed by atoms with E-state index in [-0.39, 0.29) is 5.79 Å². The third-order valence-electron chi connectivity index (χ3n) is 9.80. The van der Waals surface area contributed by atoms with Gasteiger partial charge in [0.25, 0.3) is 0 Å². The second kappa shape index (κ2) is 33.2. The van der Waals surface area contributed by atoms with Gasteiger partial charge in [0.2, 0.25) is 0 Å². The van der Waals surface area contributed by atoms with Gasteiger partial charge >= 0.3 is 0 Å². The second-order valence-corrected chi connectivity index (χ2v) is 14.1. The summed E-state index contributed by atoms with van der Waals surface area (Å²) in [7, 11) is 0. The lowest BCUT2D eigenvalue weighted by molar-refractivity contribution is -0.224. The predicted octanol–water partition coefficient (Wildman–Crippen LogP) is 13.2. The molecular formula is C40H81NO2. The van der Waals surface area contributed by atoms with E-state index < -0.39 is 0 Å². The lowest BCUT2D eigenvalue weighted by Gasteiger charge is -2.29. The fourth-order valence-electron chi connectivity index (χ4n) is 6.75. The first kappa shape index (κ1) is 40.9. The summed E-state index contributed by atoms with van der Waals surface area (Å²) in [6.45, 7) is 8.22. The fourth-order valence-corrected chi connectivity index (χ4v) is 6.75. The second-order valence-electron chi connectivity index (χ2n) is 14.1. The van der Waals surface area contributed by atoms with Crippen LogP contribution in [0.15, 0.2) is 0 Å². The molecule has 0 radical (unpaired) electrons. The summed E-state index contributed by atoms with van der Waals surface area (Å²) in [5.41, 5.74) is 0. The van der Waals surface area contributed by atoms with Crippen molar-refractivity contribution in [3.63, 3.8) is 0 Å². The largest absolute Gasteiger partial charge is 0.349 e. The van der Waals surface area contributed by atoms with Gasteiger partial charge in [0.15, 0.2) is 5.79 Å². The predicted molar refractivity (Wildman–Crippen MR) is 191 cm³/mol. The summed E-state index contributed by atoms with van der Waals surface area (Å²) < 4.78 is 12.7. The van der Waals surface area contributed by atoms with Crippen molar-refractivity contribution in [2.75, 3.05) is 26.3 Å². The third kappa shape index (κ3) is 27.9. The molecule has 0 aliphatic carbocycles. The highest BCUT2D eigenvalue weighted by Gasteiger charge is 2.35. The van der Waals surface area contributed by atoms with E-state index >= 15 is 0 Å². The van der Waals surface area contributed by atoms with E-state index in [0.717, 1.165) is 32.7 Å². The van der Waals surface area contributed by atoms with Gasteiger partial charge in [0, 0.05) is 19.5 Å². The molecule has 0 atom stereocenters. The highest BCUT2D eigenvalue weighted by molar-refractivity contribution is 4.81. The maximum atomic E-state index is 6.35. The highest BCUT2D eigenvalue weighted by Crippen LogP contribution is 2.23. The van der Waals surface area contributed by atoms with Crippen LogP contribution >= 0.6 is 0 Å². The first-order valence-electron chi connectivity index (χ1n) is 20.3. The van der Waals surface area contributed by atoms with Gasteiger partial charge in [-0.15, -0.1) is 0 Å². The first-order valence-corrected chi connectivity index (χ1v) is 20.3. The molecule has 1 rings (SSSR count). The molecule has 0 spiro atoms. The number of unbranched alkanes of at least 4 members (excludes halogenated alkanes) is 30. The lowest BCUT2D eigenvalue weighted by atomic mass is 10.0. The van der Waals surface area contributed by atoms with Crippen LogP contribution in [0.3, 0.4) is 0 Å². The molecule has 0 bridgehead atoms. The Bertz CT molecular complexity index is 479. The molecule has 43 heavy (non-hydrogen) atoms. The SMILES string of the molecule is CCCCCCCCCCCCCCCCCCOC1(OCCCCCCCCCCCCCCCCCC)CCNC1. The average molecular weight is 608 g/mol. The Morgan fingerprint density at radius 2 is 0.628 bits per heavy atom. The molecule has 1 aliphatic heterocycles. The Morgan fingerprint density at radius 3 is 0.860 bits per heavy atom. The number of nitrogens with one attached hydrogen (secondary N) is 1. The molecule has 0 aromatic heterocycles. The number of rotatable bonds is 36. The summed E-state index contributed by atoms with van der Waals surface area (Å²) in [5.74, 6) is -0.342. The van der Waals surface area contributed by atoms with E-state index in [2.05, 4.69) is 19.2 Å². The molecular weight excluding hydrogens is 526 g/mol. The van der Waals surface area contributed by atoms with Crippen LogP contribution in [-0.4, -0.2) is 32.1 Å². The summed E-state index contributed by atoms with van der Waals surface area (Å²) in [6.07, 6.45) is 46.2. The van der Waals surface area contributed by atoms with Gasteiger partial charge in [0.05, 0.1) is 13.2 Å². The minimum atomic E-state index is -0.342. The van der Waals surface area contributed by atoms with Gasteiger partial charge < -0.3 is 14.8 Å². The number of hydrogen-bond acceptors (Lipinski definition) is 3. The van der Waals surface area contributed by atoms with Gasteiger partial charge in [-0.25, -0.2) is 0 Å². The summed E-state index contributed by atoms with van der Waals surface area (Å²) in [5, 5.41) is 3.48. The normalized spacial score (nSPS) is 14.7. The maximum Gasteiger partial charge on any atom is 0.181 e.